The maximum absolute atomic E-state index is 5.80. The highest BCUT2D eigenvalue weighted by Crippen LogP contribution is 2.29. The highest BCUT2D eigenvalue weighted by atomic mass is 16.5. The number of aromatic nitrogens is 1. The van der Waals surface area contributed by atoms with Crippen LogP contribution in [0.2, 0.25) is 0 Å². The quantitative estimate of drug-likeness (QED) is 0.790. The minimum atomic E-state index is 0.346. The molecule has 4 nitrogen and oxygen atoms in total. The van der Waals surface area contributed by atoms with Gasteiger partial charge in [-0.15, -0.1) is 0 Å². The zero-order valence-electron chi connectivity index (χ0n) is 11.6. The van der Waals surface area contributed by atoms with Crippen molar-refractivity contribution >= 4 is 0 Å². The molecular weight excluding hydrogens is 228 g/mol. The molecule has 18 heavy (non-hydrogen) atoms. The maximum atomic E-state index is 5.80. The Morgan fingerprint density at radius 2 is 2.33 bits per heavy atom. The van der Waals surface area contributed by atoms with E-state index in [1.165, 1.54) is 0 Å². The molecule has 1 N–H and O–H groups in total. The first-order valence-corrected chi connectivity index (χ1v) is 6.94. The molecule has 0 saturated carbocycles. The lowest BCUT2D eigenvalue weighted by Crippen LogP contribution is -2.23. The van der Waals surface area contributed by atoms with Crippen molar-refractivity contribution < 1.29 is 9.15 Å². The number of nitrogens with one attached hydrogen (secondary N) is 1. The van der Waals surface area contributed by atoms with E-state index in [-0.39, 0.29) is 0 Å². The van der Waals surface area contributed by atoms with Gasteiger partial charge in [-0.2, -0.15) is 0 Å². The highest BCUT2D eigenvalue weighted by Gasteiger charge is 2.26. The summed E-state index contributed by atoms with van der Waals surface area (Å²) < 4.78 is 11.4. The maximum Gasteiger partial charge on any atom is 0.194 e. The summed E-state index contributed by atoms with van der Waals surface area (Å²) in [5, 5.41) is 3.39. The molecule has 1 fully saturated rings. The van der Waals surface area contributed by atoms with Crippen LogP contribution in [0.3, 0.4) is 0 Å². The van der Waals surface area contributed by atoms with E-state index in [4.69, 9.17) is 9.15 Å². The summed E-state index contributed by atoms with van der Waals surface area (Å²) in [4.78, 5) is 4.35. The van der Waals surface area contributed by atoms with Crippen LogP contribution < -0.4 is 5.32 Å². The second-order valence-corrected chi connectivity index (χ2v) is 5.45. The molecular formula is C14H24N2O2. The van der Waals surface area contributed by atoms with Gasteiger partial charge in [0.05, 0.1) is 18.9 Å². The molecule has 0 bridgehead atoms. The molecule has 1 aromatic rings. The van der Waals surface area contributed by atoms with E-state index in [2.05, 4.69) is 31.1 Å². The van der Waals surface area contributed by atoms with Crippen LogP contribution in [0.5, 0.6) is 0 Å². The zero-order valence-corrected chi connectivity index (χ0v) is 11.6. The van der Waals surface area contributed by atoms with Crippen molar-refractivity contribution in [1.82, 2.24) is 10.3 Å². The topological polar surface area (TPSA) is 47.3 Å². The van der Waals surface area contributed by atoms with Crippen molar-refractivity contribution in [2.45, 2.75) is 58.1 Å². The van der Waals surface area contributed by atoms with Crippen LogP contribution >= 0.6 is 0 Å². The molecule has 0 aliphatic carbocycles. The summed E-state index contributed by atoms with van der Waals surface area (Å²) in [6.07, 6.45) is 5.23. The molecule has 2 heterocycles. The van der Waals surface area contributed by atoms with Crippen LogP contribution in [-0.4, -0.2) is 30.3 Å². The van der Waals surface area contributed by atoms with Crippen molar-refractivity contribution in [3.63, 3.8) is 0 Å². The Balaban J connectivity index is 1.76. The van der Waals surface area contributed by atoms with Gasteiger partial charge >= 0.3 is 0 Å². The first-order valence-electron chi connectivity index (χ1n) is 6.94. The smallest absolute Gasteiger partial charge is 0.194 e. The predicted molar refractivity (Wildman–Crippen MR) is 70.7 cm³/mol. The third kappa shape index (κ3) is 3.82. The number of hydrogen-bond donors (Lipinski definition) is 1. The SMILES string of the molecule is CC(C)NCCCc1ncc(C2COC(C)C2)o1. The number of nitrogens with zero attached hydrogens (tertiary/aromatic N) is 1. The van der Waals surface area contributed by atoms with Gasteiger partial charge in [-0.05, 0) is 26.3 Å². The third-order valence-corrected chi connectivity index (χ3v) is 3.29. The van der Waals surface area contributed by atoms with E-state index in [1.54, 1.807) is 0 Å². The summed E-state index contributed by atoms with van der Waals surface area (Å²) in [5.41, 5.74) is 0. The van der Waals surface area contributed by atoms with E-state index in [0.717, 1.165) is 44.1 Å². The predicted octanol–water partition coefficient (Wildman–Crippen LogP) is 2.50. The minimum absolute atomic E-state index is 0.346. The van der Waals surface area contributed by atoms with Gasteiger partial charge in [0.15, 0.2) is 5.89 Å². The highest BCUT2D eigenvalue weighted by molar-refractivity contribution is 5.04. The van der Waals surface area contributed by atoms with Gasteiger partial charge in [-0.1, -0.05) is 13.8 Å². The fourth-order valence-electron chi connectivity index (χ4n) is 2.27. The Morgan fingerprint density at radius 1 is 1.50 bits per heavy atom. The number of rotatable bonds is 6. The zero-order chi connectivity index (χ0) is 13.0. The number of hydrogen-bond acceptors (Lipinski definition) is 4. The fourth-order valence-corrected chi connectivity index (χ4v) is 2.27. The number of oxazole rings is 1. The summed E-state index contributed by atoms with van der Waals surface area (Å²) >= 11 is 0. The second-order valence-electron chi connectivity index (χ2n) is 5.45. The van der Waals surface area contributed by atoms with Crippen molar-refractivity contribution in [3.05, 3.63) is 17.8 Å². The Hall–Kier alpha value is -0.870. The van der Waals surface area contributed by atoms with Gasteiger partial charge in [-0.25, -0.2) is 4.98 Å². The molecule has 102 valence electrons. The molecule has 1 aromatic heterocycles. The van der Waals surface area contributed by atoms with Gasteiger partial charge < -0.3 is 14.5 Å². The Morgan fingerprint density at radius 3 is 3.00 bits per heavy atom. The molecule has 0 radical (unpaired) electrons. The van der Waals surface area contributed by atoms with Crippen molar-refractivity contribution in [3.8, 4) is 0 Å². The van der Waals surface area contributed by atoms with Crippen LogP contribution in [0.15, 0.2) is 10.6 Å². The van der Waals surface area contributed by atoms with Crippen molar-refractivity contribution in [2.75, 3.05) is 13.2 Å². The standard InChI is InChI=1S/C14H24N2O2/c1-10(2)15-6-4-5-14-16-8-13(18-14)12-7-11(3)17-9-12/h8,10-12,15H,4-7,9H2,1-3H3. The van der Waals surface area contributed by atoms with Gasteiger partial charge in [0.2, 0.25) is 0 Å². The molecule has 1 aliphatic heterocycles. The molecule has 0 aromatic carbocycles. The van der Waals surface area contributed by atoms with E-state index < -0.39 is 0 Å². The van der Waals surface area contributed by atoms with E-state index >= 15 is 0 Å². The minimum Gasteiger partial charge on any atom is -0.445 e. The summed E-state index contributed by atoms with van der Waals surface area (Å²) in [5.74, 6) is 2.25. The average molecular weight is 252 g/mol. The molecule has 2 atom stereocenters. The fraction of sp³-hybridized carbons (Fsp3) is 0.786. The Kier molecular flexibility index (Phi) is 4.78. The first-order chi connectivity index (χ1) is 8.65. The van der Waals surface area contributed by atoms with Crippen LogP contribution in [0, 0.1) is 0 Å². The third-order valence-electron chi connectivity index (χ3n) is 3.29. The first kappa shape index (κ1) is 13.6. The van der Waals surface area contributed by atoms with Crippen LogP contribution in [0.4, 0.5) is 0 Å². The van der Waals surface area contributed by atoms with E-state index in [9.17, 15) is 0 Å². The number of aryl methyl sites for hydroxylation is 1. The summed E-state index contributed by atoms with van der Waals surface area (Å²) in [7, 11) is 0. The van der Waals surface area contributed by atoms with Gasteiger partial charge in [0, 0.05) is 18.4 Å². The van der Waals surface area contributed by atoms with Crippen molar-refractivity contribution in [2.24, 2.45) is 0 Å². The van der Waals surface area contributed by atoms with Crippen LogP contribution in [-0.2, 0) is 11.2 Å². The van der Waals surface area contributed by atoms with Gasteiger partial charge in [-0.3, -0.25) is 0 Å². The van der Waals surface area contributed by atoms with Crippen LogP contribution in [0.25, 0.3) is 0 Å². The lowest BCUT2D eigenvalue weighted by Gasteiger charge is -2.06. The molecule has 2 rings (SSSR count). The molecule has 0 amide bonds. The normalized spacial score (nSPS) is 24.0. The summed E-state index contributed by atoms with van der Waals surface area (Å²) in [6, 6.07) is 0.544. The largest absolute Gasteiger partial charge is 0.445 e. The molecule has 0 spiro atoms. The second kappa shape index (κ2) is 6.34. The molecule has 4 heteroatoms. The van der Waals surface area contributed by atoms with E-state index in [0.29, 0.717) is 18.1 Å². The summed E-state index contributed by atoms with van der Waals surface area (Å²) in [6.45, 7) is 8.20. The number of ether oxygens (including phenoxy) is 1. The molecule has 1 aliphatic rings. The van der Waals surface area contributed by atoms with E-state index in [1.807, 2.05) is 6.20 Å². The van der Waals surface area contributed by atoms with Crippen molar-refractivity contribution in [1.29, 1.82) is 0 Å². The lowest BCUT2D eigenvalue weighted by molar-refractivity contribution is 0.122. The average Bonchev–Trinajstić information content (AvgIpc) is 2.93. The lowest BCUT2D eigenvalue weighted by atomic mass is 10.0. The van der Waals surface area contributed by atoms with Crippen LogP contribution in [0.1, 0.15) is 51.2 Å². The monoisotopic (exact) mass is 252 g/mol. The van der Waals surface area contributed by atoms with Gasteiger partial charge in [0.25, 0.3) is 0 Å². The molecule has 1 saturated heterocycles. The Labute approximate surface area is 109 Å². The van der Waals surface area contributed by atoms with Gasteiger partial charge in [0.1, 0.15) is 5.76 Å². The Bertz CT molecular complexity index is 362. The molecule has 2 unspecified atom stereocenters.